The second-order valence-electron chi connectivity index (χ2n) is 6.92. The molecule has 0 aromatic heterocycles. The molecule has 0 radical (unpaired) electrons. The zero-order chi connectivity index (χ0) is 21.9. The number of amides is 2. The molecule has 0 spiro atoms. The molecule has 5 N–H and O–H groups in total. The van der Waals surface area contributed by atoms with E-state index in [1.165, 1.54) is 12.0 Å². The second kappa shape index (κ2) is 13.3. The van der Waals surface area contributed by atoms with Crippen LogP contribution in [0.15, 0.2) is 35.3 Å². The Kier molecular flexibility index (Phi) is 11.2. The number of nitrogens with one attached hydrogen (secondary N) is 1. The summed E-state index contributed by atoms with van der Waals surface area (Å²) in [5, 5.41) is 2.61. The molecule has 2 amide bonds. The summed E-state index contributed by atoms with van der Waals surface area (Å²) < 4.78 is 10.0. The van der Waals surface area contributed by atoms with Gasteiger partial charge in [0, 0.05) is 13.1 Å². The molecule has 2 rings (SSSR count). The first-order chi connectivity index (χ1) is 14.4. The van der Waals surface area contributed by atoms with Gasteiger partial charge < -0.3 is 31.2 Å². The lowest BCUT2D eigenvalue weighted by Gasteiger charge is -2.27. The average Bonchev–Trinajstić information content (AvgIpc) is 3.23. The first kappa shape index (κ1) is 26.0. The van der Waals surface area contributed by atoms with Crippen molar-refractivity contribution in [3.8, 4) is 0 Å². The molecule has 1 aliphatic rings. The number of nitrogens with two attached hydrogens (primary N) is 2. The van der Waals surface area contributed by atoms with E-state index in [1.54, 1.807) is 0 Å². The Morgan fingerprint density at radius 1 is 1.26 bits per heavy atom. The van der Waals surface area contributed by atoms with E-state index < -0.39 is 24.1 Å². The fourth-order valence-corrected chi connectivity index (χ4v) is 3.28. The van der Waals surface area contributed by atoms with Crippen LogP contribution in [0.4, 0.5) is 4.79 Å². The highest BCUT2D eigenvalue weighted by Gasteiger charge is 2.38. The highest BCUT2D eigenvalue weighted by Crippen LogP contribution is 2.20. The number of benzene rings is 1. The topological polar surface area (TPSA) is 149 Å². The SMILES string of the molecule is COC(=O)[C@@H]1CCCN1C(=O)[C@H](CCCN=C(N)N)NC(=O)OCc1ccccc1.Cl. The molecule has 11 heteroatoms. The standard InChI is InChI=1S/C20H29N5O5.ClH/c1-29-18(27)16-10-6-12-25(16)17(26)15(9-5-11-23-19(21)22)24-20(28)30-13-14-7-3-2-4-8-14;/h2-4,7-8,15-16H,5-6,9-13H2,1H3,(H,24,28)(H4,21,22,23);1H/t15-,16-;/m0./s1. The molecule has 1 aliphatic heterocycles. The fourth-order valence-electron chi connectivity index (χ4n) is 3.28. The molecule has 0 bridgehead atoms. The first-order valence-electron chi connectivity index (χ1n) is 9.83. The minimum atomic E-state index is -0.868. The van der Waals surface area contributed by atoms with Crippen LogP contribution >= 0.6 is 12.4 Å². The molecule has 2 atom stereocenters. The van der Waals surface area contributed by atoms with Gasteiger partial charge in [0.1, 0.15) is 18.7 Å². The van der Waals surface area contributed by atoms with Crippen molar-refractivity contribution in [2.45, 2.75) is 44.4 Å². The first-order valence-corrected chi connectivity index (χ1v) is 9.83. The number of hydrogen-bond acceptors (Lipinski definition) is 6. The number of nitrogens with zero attached hydrogens (tertiary/aromatic N) is 2. The molecule has 1 aromatic carbocycles. The predicted molar refractivity (Wildman–Crippen MR) is 117 cm³/mol. The lowest BCUT2D eigenvalue weighted by Crippen LogP contribution is -2.52. The number of esters is 1. The van der Waals surface area contributed by atoms with Crippen LogP contribution in [0.3, 0.4) is 0 Å². The monoisotopic (exact) mass is 455 g/mol. The number of carbonyl (C=O) groups is 3. The Morgan fingerprint density at radius 2 is 1.97 bits per heavy atom. The number of ether oxygens (including phenoxy) is 2. The number of halogens is 1. The molecule has 1 fully saturated rings. The van der Waals surface area contributed by atoms with Crippen molar-refractivity contribution < 1.29 is 23.9 Å². The molecular formula is C20H30ClN5O5. The lowest BCUT2D eigenvalue weighted by atomic mass is 10.1. The molecule has 0 aliphatic carbocycles. The summed E-state index contributed by atoms with van der Waals surface area (Å²) >= 11 is 0. The van der Waals surface area contributed by atoms with Crippen molar-refractivity contribution in [1.82, 2.24) is 10.2 Å². The second-order valence-corrected chi connectivity index (χ2v) is 6.92. The third-order valence-electron chi connectivity index (χ3n) is 4.76. The van der Waals surface area contributed by atoms with Crippen LogP contribution in [-0.4, -0.2) is 61.1 Å². The number of guanidine groups is 1. The van der Waals surface area contributed by atoms with Gasteiger partial charge in [0.2, 0.25) is 5.91 Å². The third kappa shape index (κ3) is 8.33. The summed E-state index contributed by atoms with van der Waals surface area (Å²) in [6.45, 7) is 0.813. The Labute approximate surface area is 187 Å². The minimum Gasteiger partial charge on any atom is -0.467 e. The number of hydrogen-bond donors (Lipinski definition) is 3. The van der Waals surface area contributed by atoms with Gasteiger partial charge in [-0.2, -0.15) is 0 Å². The molecule has 10 nitrogen and oxygen atoms in total. The maximum absolute atomic E-state index is 13.1. The highest BCUT2D eigenvalue weighted by atomic mass is 35.5. The summed E-state index contributed by atoms with van der Waals surface area (Å²) in [5.74, 6) is -0.866. The Morgan fingerprint density at radius 3 is 2.61 bits per heavy atom. The van der Waals surface area contributed by atoms with Crippen molar-refractivity contribution >= 4 is 36.3 Å². The number of carbonyl (C=O) groups excluding carboxylic acids is 3. The number of rotatable bonds is 9. The van der Waals surface area contributed by atoms with E-state index in [1.807, 2.05) is 30.3 Å². The maximum atomic E-state index is 13.1. The summed E-state index contributed by atoms with van der Waals surface area (Å²) in [5.41, 5.74) is 11.5. The van der Waals surface area contributed by atoms with E-state index in [4.69, 9.17) is 20.9 Å². The van der Waals surface area contributed by atoms with E-state index in [-0.39, 0.29) is 30.9 Å². The summed E-state index contributed by atoms with van der Waals surface area (Å²) in [7, 11) is 1.29. The number of methoxy groups -OCH3 is 1. The predicted octanol–water partition coefficient (Wildman–Crippen LogP) is 0.921. The molecular weight excluding hydrogens is 426 g/mol. The maximum Gasteiger partial charge on any atom is 0.408 e. The van der Waals surface area contributed by atoms with E-state index in [0.717, 1.165) is 5.56 Å². The van der Waals surface area contributed by atoms with E-state index in [0.29, 0.717) is 38.8 Å². The van der Waals surface area contributed by atoms with Crippen molar-refractivity contribution in [3.63, 3.8) is 0 Å². The largest absolute Gasteiger partial charge is 0.467 e. The molecule has 172 valence electrons. The smallest absolute Gasteiger partial charge is 0.408 e. The van der Waals surface area contributed by atoms with Gasteiger partial charge in [-0.05, 0) is 31.2 Å². The van der Waals surface area contributed by atoms with Crippen molar-refractivity contribution in [1.29, 1.82) is 0 Å². The zero-order valence-corrected chi connectivity index (χ0v) is 18.3. The molecule has 1 saturated heterocycles. The molecule has 0 unspecified atom stereocenters. The number of aliphatic imine (C=N–C) groups is 1. The van der Waals surface area contributed by atoms with Crippen LogP contribution < -0.4 is 16.8 Å². The quantitative estimate of drug-likeness (QED) is 0.217. The average molecular weight is 456 g/mol. The van der Waals surface area contributed by atoms with Gasteiger partial charge in [0.25, 0.3) is 0 Å². The van der Waals surface area contributed by atoms with Gasteiger partial charge in [-0.1, -0.05) is 30.3 Å². The normalized spacial score (nSPS) is 15.9. The number of likely N-dealkylation sites (tertiary alicyclic amines) is 1. The van der Waals surface area contributed by atoms with E-state index in [2.05, 4.69) is 10.3 Å². The van der Waals surface area contributed by atoms with Gasteiger partial charge in [-0.3, -0.25) is 9.79 Å². The van der Waals surface area contributed by atoms with Crippen LogP contribution in [0.25, 0.3) is 0 Å². The third-order valence-corrected chi connectivity index (χ3v) is 4.76. The Balaban J connectivity index is 0.00000480. The molecule has 1 heterocycles. The van der Waals surface area contributed by atoms with Crippen molar-refractivity contribution in [2.24, 2.45) is 16.5 Å². The molecule has 0 saturated carbocycles. The van der Waals surface area contributed by atoms with Gasteiger partial charge in [0.15, 0.2) is 5.96 Å². The van der Waals surface area contributed by atoms with Crippen LogP contribution in [0.1, 0.15) is 31.2 Å². The molecule has 31 heavy (non-hydrogen) atoms. The zero-order valence-electron chi connectivity index (χ0n) is 17.5. The van der Waals surface area contributed by atoms with Crippen LogP contribution in [-0.2, 0) is 25.7 Å². The summed E-state index contributed by atoms with van der Waals surface area (Å²) in [6, 6.07) is 7.69. The molecule has 1 aromatic rings. The Hall–Kier alpha value is -3.01. The van der Waals surface area contributed by atoms with Crippen LogP contribution in [0, 0.1) is 0 Å². The van der Waals surface area contributed by atoms with Crippen LogP contribution in [0.5, 0.6) is 0 Å². The van der Waals surface area contributed by atoms with Gasteiger partial charge in [-0.15, -0.1) is 12.4 Å². The summed E-state index contributed by atoms with van der Waals surface area (Å²) in [4.78, 5) is 42.7. The van der Waals surface area contributed by atoms with E-state index in [9.17, 15) is 14.4 Å². The van der Waals surface area contributed by atoms with Crippen molar-refractivity contribution in [3.05, 3.63) is 35.9 Å². The lowest BCUT2D eigenvalue weighted by molar-refractivity contribution is -0.151. The van der Waals surface area contributed by atoms with Gasteiger partial charge >= 0.3 is 12.1 Å². The van der Waals surface area contributed by atoms with Gasteiger partial charge in [0.05, 0.1) is 7.11 Å². The fraction of sp³-hybridized carbons (Fsp3) is 0.500. The minimum absolute atomic E-state index is 0. The number of alkyl carbamates (subject to hydrolysis) is 1. The Bertz CT molecular complexity index is 758. The highest BCUT2D eigenvalue weighted by molar-refractivity contribution is 5.90. The van der Waals surface area contributed by atoms with Crippen molar-refractivity contribution in [2.75, 3.05) is 20.2 Å². The van der Waals surface area contributed by atoms with E-state index >= 15 is 0 Å². The van der Waals surface area contributed by atoms with Crippen LogP contribution in [0.2, 0.25) is 0 Å². The summed E-state index contributed by atoms with van der Waals surface area (Å²) in [6.07, 6.45) is 1.25. The van der Waals surface area contributed by atoms with Gasteiger partial charge in [-0.25, -0.2) is 9.59 Å².